The highest BCUT2D eigenvalue weighted by Gasteiger charge is 2.26. The van der Waals surface area contributed by atoms with Crippen LogP contribution in [0.5, 0.6) is 5.88 Å². The molecule has 0 saturated heterocycles. The fourth-order valence-electron chi connectivity index (χ4n) is 3.92. The zero-order valence-electron chi connectivity index (χ0n) is 21.4. The second kappa shape index (κ2) is 12.1. The number of pyridine rings is 1. The van der Waals surface area contributed by atoms with Crippen LogP contribution < -0.4 is 20.9 Å². The number of benzene rings is 1. The molecule has 2 heterocycles. The molecule has 37 heavy (non-hydrogen) atoms. The van der Waals surface area contributed by atoms with Crippen molar-refractivity contribution in [2.75, 3.05) is 25.1 Å². The molecular weight excluding hydrogens is 498 g/mol. The van der Waals surface area contributed by atoms with E-state index in [1.165, 1.54) is 16.9 Å². The topological polar surface area (TPSA) is 127 Å². The number of nitrogens with zero attached hydrogens (tertiary/aromatic N) is 3. The van der Waals surface area contributed by atoms with Crippen molar-refractivity contribution >= 4 is 29.1 Å². The van der Waals surface area contributed by atoms with Gasteiger partial charge < -0.3 is 20.5 Å². The third-order valence-electron chi connectivity index (χ3n) is 5.68. The van der Waals surface area contributed by atoms with Crippen molar-refractivity contribution in [1.82, 2.24) is 19.7 Å². The van der Waals surface area contributed by atoms with Gasteiger partial charge in [0.05, 0.1) is 36.2 Å². The van der Waals surface area contributed by atoms with E-state index in [-0.39, 0.29) is 49.2 Å². The molecule has 11 heteroatoms. The third-order valence-corrected chi connectivity index (χ3v) is 5.89. The first-order chi connectivity index (χ1) is 17.6. The van der Waals surface area contributed by atoms with Crippen LogP contribution in [0.4, 0.5) is 5.69 Å². The first-order valence-corrected chi connectivity index (χ1v) is 12.3. The third kappa shape index (κ3) is 6.78. The molecule has 2 aromatic heterocycles. The molecule has 10 nitrogen and oxygen atoms in total. The minimum absolute atomic E-state index is 0.0365. The molecule has 3 N–H and O–H groups in total. The van der Waals surface area contributed by atoms with Crippen LogP contribution in [0.3, 0.4) is 0 Å². The van der Waals surface area contributed by atoms with Crippen molar-refractivity contribution in [3.8, 4) is 11.6 Å². The van der Waals surface area contributed by atoms with Gasteiger partial charge >= 0.3 is 0 Å². The Balaban J connectivity index is 1.73. The molecule has 0 saturated carbocycles. The Hall–Kier alpha value is -3.63. The van der Waals surface area contributed by atoms with E-state index in [1.807, 2.05) is 19.9 Å². The van der Waals surface area contributed by atoms with Crippen LogP contribution in [0.15, 0.2) is 47.4 Å². The van der Waals surface area contributed by atoms with Crippen molar-refractivity contribution in [3.05, 3.63) is 69.2 Å². The van der Waals surface area contributed by atoms with E-state index >= 15 is 0 Å². The summed E-state index contributed by atoms with van der Waals surface area (Å²) in [6.45, 7) is 7.69. The lowest BCUT2D eigenvalue weighted by Crippen LogP contribution is -2.37. The molecule has 198 valence electrons. The maximum absolute atomic E-state index is 13.2. The molecular formula is C26H32ClN5O5. The normalized spacial score (nSPS) is 11.3. The summed E-state index contributed by atoms with van der Waals surface area (Å²) >= 11 is 6.00. The number of nitrogens with one attached hydrogen (secondary N) is 2. The van der Waals surface area contributed by atoms with Gasteiger partial charge in [-0.1, -0.05) is 43.6 Å². The molecule has 0 unspecified atom stereocenters. The second-order valence-corrected chi connectivity index (χ2v) is 9.71. The number of aliphatic hydroxyl groups is 1. The van der Waals surface area contributed by atoms with Gasteiger partial charge in [0.15, 0.2) is 0 Å². The van der Waals surface area contributed by atoms with Gasteiger partial charge in [-0.15, -0.1) is 0 Å². The van der Waals surface area contributed by atoms with E-state index in [1.54, 1.807) is 42.8 Å². The Bertz CT molecular complexity index is 1320. The van der Waals surface area contributed by atoms with Crippen LogP contribution >= 0.6 is 11.6 Å². The molecule has 0 aliphatic heterocycles. The zero-order valence-corrected chi connectivity index (χ0v) is 22.1. The summed E-state index contributed by atoms with van der Waals surface area (Å²) in [6, 6.07) is 10.5. The number of carbonyl (C=O) groups excluding carboxylic acids is 2. The largest absolute Gasteiger partial charge is 0.477 e. The summed E-state index contributed by atoms with van der Waals surface area (Å²) in [7, 11) is 0. The van der Waals surface area contributed by atoms with E-state index in [4.69, 9.17) is 16.3 Å². The Morgan fingerprint density at radius 2 is 1.92 bits per heavy atom. The smallest absolute Gasteiger partial charge is 0.295 e. The number of hydrogen-bond acceptors (Lipinski definition) is 6. The Kier molecular flexibility index (Phi) is 9.12. The fourth-order valence-corrected chi connectivity index (χ4v) is 4.08. The van der Waals surface area contributed by atoms with E-state index in [0.29, 0.717) is 23.0 Å². The van der Waals surface area contributed by atoms with Crippen LogP contribution in [0.2, 0.25) is 5.02 Å². The second-order valence-electron chi connectivity index (χ2n) is 9.27. The minimum atomic E-state index is -0.641. The van der Waals surface area contributed by atoms with Gasteiger partial charge in [0.25, 0.3) is 11.5 Å². The fraction of sp³-hybridized carbons (Fsp3) is 0.385. The highest BCUT2D eigenvalue weighted by Crippen LogP contribution is 2.23. The lowest BCUT2D eigenvalue weighted by atomic mass is 9.88. The van der Waals surface area contributed by atoms with Crippen molar-refractivity contribution in [2.24, 2.45) is 5.41 Å². The van der Waals surface area contributed by atoms with Gasteiger partial charge in [-0.05, 0) is 37.5 Å². The highest BCUT2D eigenvalue weighted by atomic mass is 35.5. The quantitative estimate of drug-likeness (QED) is 0.350. The molecule has 1 aromatic carbocycles. The summed E-state index contributed by atoms with van der Waals surface area (Å²) in [5.41, 5.74) is 0.463. The number of para-hydroxylation sites is 1. The standard InChI is InChI=1S/C26H32ClN5O5/c1-5-37-24-20(13-18(27)15-28-24)23(35)29-16-26(3,4)14-21(34)30-22-17(2)31(11-12-33)32(25(22)36)19-9-7-6-8-10-19/h6-10,13,15,33H,5,11-12,14,16H2,1-4H3,(H,29,35)(H,30,34). The number of carbonyl (C=O) groups is 2. The van der Waals surface area contributed by atoms with E-state index in [2.05, 4.69) is 15.6 Å². The van der Waals surface area contributed by atoms with Crippen molar-refractivity contribution in [1.29, 1.82) is 0 Å². The summed E-state index contributed by atoms with van der Waals surface area (Å²) in [5.74, 6) is -0.618. The van der Waals surface area contributed by atoms with Gasteiger partial charge in [0, 0.05) is 19.2 Å². The SMILES string of the molecule is CCOc1ncc(Cl)cc1C(=O)NCC(C)(C)CC(=O)Nc1c(C)n(CCO)n(-c2ccccc2)c1=O. The molecule has 0 radical (unpaired) electrons. The predicted molar refractivity (Wildman–Crippen MR) is 142 cm³/mol. The van der Waals surface area contributed by atoms with Crippen molar-refractivity contribution < 1.29 is 19.4 Å². The summed E-state index contributed by atoms with van der Waals surface area (Å²) in [6.07, 6.45) is 1.44. The van der Waals surface area contributed by atoms with E-state index in [0.717, 1.165) is 0 Å². The molecule has 2 amide bonds. The molecule has 0 aliphatic carbocycles. The van der Waals surface area contributed by atoms with Gasteiger partial charge in [-0.25, -0.2) is 9.67 Å². The van der Waals surface area contributed by atoms with Crippen molar-refractivity contribution in [3.63, 3.8) is 0 Å². The number of ether oxygens (including phenoxy) is 1. The number of anilines is 1. The average molecular weight is 530 g/mol. The van der Waals surface area contributed by atoms with Gasteiger partial charge in [-0.3, -0.25) is 19.1 Å². The van der Waals surface area contributed by atoms with Crippen LogP contribution in [0.25, 0.3) is 5.69 Å². The summed E-state index contributed by atoms with van der Waals surface area (Å²) in [4.78, 5) is 43.0. The molecule has 3 aromatic rings. The maximum Gasteiger partial charge on any atom is 0.295 e. The molecule has 0 aliphatic rings. The lowest BCUT2D eigenvalue weighted by Gasteiger charge is -2.24. The van der Waals surface area contributed by atoms with E-state index < -0.39 is 16.9 Å². The molecule has 0 fully saturated rings. The van der Waals surface area contributed by atoms with Gasteiger partial charge in [0.1, 0.15) is 11.3 Å². The van der Waals surface area contributed by atoms with Crippen LogP contribution in [-0.4, -0.2) is 51.0 Å². The minimum Gasteiger partial charge on any atom is -0.477 e. The molecule has 0 spiro atoms. The number of rotatable bonds is 11. The Morgan fingerprint density at radius 1 is 1.22 bits per heavy atom. The van der Waals surface area contributed by atoms with Gasteiger partial charge in [0.2, 0.25) is 11.8 Å². The van der Waals surface area contributed by atoms with Crippen LogP contribution in [-0.2, 0) is 11.3 Å². The Labute approximate surface area is 220 Å². The predicted octanol–water partition coefficient (Wildman–Crippen LogP) is 3.17. The van der Waals surface area contributed by atoms with Crippen molar-refractivity contribution in [2.45, 2.75) is 40.7 Å². The number of aromatic nitrogens is 3. The first-order valence-electron chi connectivity index (χ1n) is 11.9. The van der Waals surface area contributed by atoms with Gasteiger partial charge in [-0.2, -0.15) is 0 Å². The lowest BCUT2D eigenvalue weighted by molar-refractivity contribution is -0.118. The first kappa shape index (κ1) is 27.9. The number of amides is 2. The number of aliphatic hydroxyl groups excluding tert-OH is 1. The van der Waals surface area contributed by atoms with Crippen LogP contribution in [0.1, 0.15) is 43.2 Å². The number of hydrogen-bond donors (Lipinski definition) is 3. The molecule has 0 bridgehead atoms. The zero-order chi connectivity index (χ0) is 27.2. The average Bonchev–Trinajstić information content (AvgIpc) is 3.08. The Morgan fingerprint density at radius 3 is 2.57 bits per heavy atom. The molecule has 0 atom stereocenters. The summed E-state index contributed by atoms with van der Waals surface area (Å²) in [5, 5.41) is 15.4. The number of halogens is 1. The summed E-state index contributed by atoms with van der Waals surface area (Å²) < 4.78 is 8.48. The monoisotopic (exact) mass is 529 g/mol. The maximum atomic E-state index is 13.2. The highest BCUT2D eigenvalue weighted by molar-refractivity contribution is 6.30. The van der Waals surface area contributed by atoms with E-state index in [9.17, 15) is 19.5 Å². The molecule has 3 rings (SSSR count). The van der Waals surface area contributed by atoms with Crippen LogP contribution in [0, 0.1) is 12.3 Å².